The molecule has 0 radical (unpaired) electrons. The lowest BCUT2D eigenvalue weighted by molar-refractivity contribution is 0.0696. The number of aromatic nitrogens is 4. The van der Waals surface area contributed by atoms with Gasteiger partial charge in [0.1, 0.15) is 11.4 Å². The van der Waals surface area contributed by atoms with Crippen LogP contribution < -0.4 is 15.3 Å². The Balaban J connectivity index is 1.66. The molecule has 1 aliphatic rings. The number of carboxylic acids is 1. The maximum atomic E-state index is 14.4. The highest BCUT2D eigenvalue weighted by Crippen LogP contribution is 2.39. The van der Waals surface area contributed by atoms with Crippen LogP contribution in [0.5, 0.6) is 11.5 Å². The number of rotatable bonds is 6. The molecular weight excluding hydrogens is 524 g/mol. The van der Waals surface area contributed by atoms with Gasteiger partial charge >= 0.3 is 17.7 Å². The zero-order valence-electron chi connectivity index (χ0n) is 21.5. The summed E-state index contributed by atoms with van der Waals surface area (Å²) in [5.41, 5.74) is -1.51. The average Bonchev–Trinajstić information content (AvgIpc) is 3.31. The molecule has 4 aromatic rings. The first-order chi connectivity index (χ1) is 19.3. The summed E-state index contributed by atoms with van der Waals surface area (Å²) < 4.78 is 35.7. The minimum Gasteiger partial charge on any atom is -0.478 e. The Morgan fingerprint density at radius 3 is 2.30 bits per heavy atom. The number of carbonyl (C=O) groups excluding carboxylic acids is 1. The van der Waals surface area contributed by atoms with Crippen LogP contribution in [0.25, 0.3) is 5.69 Å². The third kappa shape index (κ3) is 5.07. The fourth-order valence-electron chi connectivity index (χ4n) is 4.88. The third-order valence-corrected chi connectivity index (χ3v) is 6.82. The number of aromatic carboxylic acids is 1. The number of para-hydroxylation sites is 2. The van der Waals surface area contributed by atoms with E-state index >= 15 is 0 Å². The van der Waals surface area contributed by atoms with Gasteiger partial charge in [-0.25, -0.2) is 23.2 Å². The summed E-state index contributed by atoms with van der Waals surface area (Å²) in [7, 11) is 0. The lowest BCUT2D eigenvalue weighted by atomic mass is 9.93. The van der Waals surface area contributed by atoms with Crippen LogP contribution >= 0.6 is 0 Å². The number of nitrogens with zero attached hydrogens (tertiary/aromatic N) is 5. The van der Waals surface area contributed by atoms with Crippen LogP contribution in [0.15, 0.2) is 65.5 Å². The molecule has 1 fully saturated rings. The van der Waals surface area contributed by atoms with E-state index in [1.54, 1.807) is 37.3 Å². The number of carboxylic acid groups (broad SMARTS) is 1. The number of aryl methyl sites for hydroxylation is 1. The lowest BCUT2D eigenvalue weighted by Gasteiger charge is -2.34. The molecule has 1 aliphatic carbocycles. The van der Waals surface area contributed by atoms with Gasteiger partial charge < -0.3 is 9.84 Å². The molecule has 40 heavy (non-hydrogen) atoms. The highest BCUT2D eigenvalue weighted by Gasteiger charge is 2.34. The monoisotopic (exact) mass is 549 g/mol. The van der Waals surface area contributed by atoms with E-state index in [0.717, 1.165) is 37.5 Å². The van der Waals surface area contributed by atoms with Crippen molar-refractivity contribution < 1.29 is 28.2 Å². The van der Waals surface area contributed by atoms with Gasteiger partial charge in [-0.15, -0.1) is 4.68 Å². The molecule has 10 nitrogen and oxygen atoms in total. The van der Waals surface area contributed by atoms with Crippen molar-refractivity contribution >= 4 is 17.7 Å². The first-order valence-electron chi connectivity index (χ1n) is 12.7. The zero-order chi connectivity index (χ0) is 28.4. The zero-order valence-corrected chi connectivity index (χ0v) is 21.5. The molecule has 0 bridgehead atoms. The Hall–Kier alpha value is -4.87. The Morgan fingerprint density at radius 1 is 0.975 bits per heavy atom. The molecule has 5 rings (SSSR count). The summed E-state index contributed by atoms with van der Waals surface area (Å²) in [5, 5.41) is 17.1. The summed E-state index contributed by atoms with van der Waals surface area (Å²) >= 11 is 0. The van der Waals surface area contributed by atoms with E-state index in [1.807, 2.05) is 0 Å². The van der Waals surface area contributed by atoms with Gasteiger partial charge in [0.25, 0.3) is 0 Å². The summed E-state index contributed by atoms with van der Waals surface area (Å²) in [6, 6.07) is 13.2. The van der Waals surface area contributed by atoms with Crippen molar-refractivity contribution in [3.8, 4) is 17.2 Å². The van der Waals surface area contributed by atoms with E-state index in [0.29, 0.717) is 33.5 Å². The van der Waals surface area contributed by atoms with Gasteiger partial charge in [0.15, 0.2) is 17.4 Å². The SMILES string of the molecule is Cc1cc(Oc2ccccc2)c(N(C(=O)n2nnn(-c3c(F)cccc3F)c2=O)C2CCCCC2)cc1C(=O)O. The number of tetrazole rings is 1. The van der Waals surface area contributed by atoms with Gasteiger partial charge in [0.2, 0.25) is 0 Å². The summed E-state index contributed by atoms with van der Waals surface area (Å²) in [6.07, 6.45) is 3.67. The van der Waals surface area contributed by atoms with Crippen molar-refractivity contribution in [2.45, 2.75) is 45.1 Å². The second-order valence-corrected chi connectivity index (χ2v) is 9.45. The van der Waals surface area contributed by atoms with Crippen molar-refractivity contribution in [1.82, 2.24) is 19.8 Å². The van der Waals surface area contributed by atoms with Crippen molar-refractivity contribution in [3.05, 3.63) is 93.9 Å². The van der Waals surface area contributed by atoms with E-state index in [2.05, 4.69) is 10.4 Å². The average molecular weight is 550 g/mol. The van der Waals surface area contributed by atoms with Crippen LogP contribution in [0.1, 0.15) is 48.0 Å². The fraction of sp³-hybridized carbons (Fsp3) is 0.250. The topological polar surface area (TPSA) is 120 Å². The normalized spacial score (nSPS) is 13.7. The van der Waals surface area contributed by atoms with Gasteiger partial charge in [-0.05, 0) is 72.2 Å². The molecule has 12 heteroatoms. The van der Waals surface area contributed by atoms with Crippen LogP contribution in [-0.2, 0) is 0 Å². The van der Waals surface area contributed by atoms with Crippen LogP contribution in [0.2, 0.25) is 0 Å². The van der Waals surface area contributed by atoms with E-state index in [1.165, 1.54) is 17.0 Å². The van der Waals surface area contributed by atoms with Crippen LogP contribution in [0.4, 0.5) is 19.3 Å². The van der Waals surface area contributed by atoms with Crippen LogP contribution in [0.3, 0.4) is 0 Å². The number of carbonyl (C=O) groups is 2. The Kier molecular flexibility index (Phi) is 7.41. The number of anilines is 1. The predicted molar refractivity (Wildman–Crippen MR) is 140 cm³/mol. The minimum absolute atomic E-state index is 0.0616. The van der Waals surface area contributed by atoms with Gasteiger partial charge in [-0.3, -0.25) is 4.90 Å². The molecule has 1 heterocycles. The third-order valence-electron chi connectivity index (χ3n) is 6.82. The number of hydrogen-bond donors (Lipinski definition) is 1. The van der Waals surface area contributed by atoms with E-state index in [9.17, 15) is 28.3 Å². The van der Waals surface area contributed by atoms with Gasteiger partial charge in [-0.2, -0.15) is 4.68 Å². The summed E-state index contributed by atoms with van der Waals surface area (Å²) in [6.45, 7) is 1.61. The molecule has 3 aromatic carbocycles. The molecule has 1 aromatic heterocycles. The number of benzene rings is 3. The highest BCUT2D eigenvalue weighted by molar-refractivity contribution is 5.98. The van der Waals surface area contributed by atoms with E-state index in [4.69, 9.17) is 4.74 Å². The van der Waals surface area contributed by atoms with Crippen LogP contribution in [0, 0.1) is 18.6 Å². The Labute approximate surface area is 227 Å². The fourth-order valence-corrected chi connectivity index (χ4v) is 4.88. The number of hydrogen-bond acceptors (Lipinski definition) is 6. The van der Waals surface area contributed by atoms with Crippen molar-refractivity contribution in [2.75, 3.05) is 4.90 Å². The number of ether oxygens (including phenoxy) is 1. The largest absolute Gasteiger partial charge is 0.478 e. The second kappa shape index (κ2) is 11.1. The molecule has 0 spiro atoms. The number of amides is 1. The molecule has 1 saturated carbocycles. The molecule has 0 saturated heterocycles. The van der Waals surface area contributed by atoms with Gasteiger partial charge in [-0.1, -0.05) is 43.5 Å². The van der Waals surface area contributed by atoms with E-state index < -0.39 is 41.1 Å². The smallest absolute Gasteiger partial charge is 0.377 e. The maximum Gasteiger partial charge on any atom is 0.377 e. The maximum absolute atomic E-state index is 14.4. The molecule has 1 N–H and O–H groups in total. The highest BCUT2D eigenvalue weighted by atomic mass is 19.1. The Morgan fingerprint density at radius 2 is 1.65 bits per heavy atom. The second-order valence-electron chi connectivity index (χ2n) is 9.45. The van der Waals surface area contributed by atoms with Crippen molar-refractivity contribution in [1.29, 1.82) is 0 Å². The minimum atomic E-state index is -1.21. The molecule has 1 amide bonds. The quantitative estimate of drug-likeness (QED) is 0.324. The first-order valence-corrected chi connectivity index (χ1v) is 12.7. The lowest BCUT2D eigenvalue weighted by Crippen LogP contribution is -2.47. The Bertz CT molecular complexity index is 1610. The van der Waals surface area contributed by atoms with Crippen molar-refractivity contribution in [2.24, 2.45) is 0 Å². The molecule has 206 valence electrons. The number of halogens is 2. The summed E-state index contributed by atoms with van der Waals surface area (Å²) in [4.78, 5) is 40.6. The summed E-state index contributed by atoms with van der Waals surface area (Å²) in [5.74, 6) is -2.70. The molecular formula is C28H25F2N5O5. The van der Waals surface area contributed by atoms with E-state index in [-0.39, 0.29) is 17.0 Å². The predicted octanol–water partition coefficient (Wildman–Crippen LogP) is 5.31. The van der Waals surface area contributed by atoms with Crippen LogP contribution in [-0.4, -0.2) is 42.9 Å². The molecule has 0 atom stereocenters. The van der Waals surface area contributed by atoms with Crippen molar-refractivity contribution in [3.63, 3.8) is 0 Å². The van der Waals surface area contributed by atoms with Gasteiger partial charge in [0, 0.05) is 6.04 Å². The van der Waals surface area contributed by atoms with Gasteiger partial charge in [0.05, 0.1) is 11.3 Å². The first kappa shape index (κ1) is 26.7. The standard InChI is InChI=1S/C28H25F2N5O5/c1-17-15-24(40-19-11-6-3-7-12-19)23(16-20(17)26(36)37)33(18-9-4-2-5-10-18)27(38)35-28(39)34(31-32-35)25-21(29)13-8-14-22(25)30/h3,6-8,11-16,18H,2,4-5,9-10H2,1H3,(H,36,37). The molecule has 0 unspecified atom stereocenters. The molecule has 0 aliphatic heterocycles.